The van der Waals surface area contributed by atoms with Crippen LogP contribution in [-0.2, 0) is 11.8 Å². The molecule has 0 bridgehead atoms. The number of rotatable bonds is 5. The van der Waals surface area contributed by atoms with Crippen LogP contribution < -0.4 is 10.9 Å². The summed E-state index contributed by atoms with van der Waals surface area (Å²) in [6.07, 6.45) is 1.56. The fourth-order valence-electron chi connectivity index (χ4n) is 2.13. The van der Waals surface area contributed by atoms with Gasteiger partial charge in [-0.3, -0.25) is 20.4 Å². The van der Waals surface area contributed by atoms with Gasteiger partial charge in [0.05, 0.1) is 11.5 Å². The summed E-state index contributed by atoms with van der Waals surface area (Å²) in [5.74, 6) is 0.443. The van der Waals surface area contributed by atoms with Crippen LogP contribution in [0.2, 0.25) is 0 Å². The Morgan fingerprint density at radius 3 is 2.58 bits per heavy atom. The molecule has 0 spiro atoms. The number of carbonyl (C=O) groups excluding carboxylic acids is 2. The van der Waals surface area contributed by atoms with E-state index >= 15 is 0 Å². The van der Waals surface area contributed by atoms with Gasteiger partial charge in [-0.25, -0.2) is 0 Å². The highest BCUT2D eigenvalue weighted by Crippen LogP contribution is 2.25. The van der Waals surface area contributed by atoms with Crippen molar-refractivity contribution in [1.29, 1.82) is 0 Å². The van der Waals surface area contributed by atoms with Crippen LogP contribution in [0.5, 0.6) is 0 Å². The third-order valence-corrected chi connectivity index (χ3v) is 4.70. The molecule has 0 saturated heterocycles. The van der Waals surface area contributed by atoms with Crippen molar-refractivity contribution in [2.75, 3.05) is 0 Å². The molecule has 0 aliphatic carbocycles. The van der Waals surface area contributed by atoms with Gasteiger partial charge in [0.2, 0.25) is 0 Å². The van der Waals surface area contributed by atoms with E-state index in [-0.39, 0.29) is 11.8 Å². The van der Waals surface area contributed by atoms with Crippen molar-refractivity contribution < 1.29 is 14.0 Å². The number of aromatic nitrogens is 3. The molecule has 2 N–H and O–H groups in total. The number of carbonyl (C=O) groups is 2. The average Bonchev–Trinajstić information content (AvgIpc) is 3.30. The molecule has 0 unspecified atom stereocenters. The summed E-state index contributed by atoms with van der Waals surface area (Å²) in [7, 11) is 1.79. The van der Waals surface area contributed by atoms with Crippen LogP contribution in [0.25, 0.3) is 11.6 Å². The second kappa shape index (κ2) is 7.87. The molecule has 134 valence electrons. The number of nitrogens with one attached hydrogen (secondary N) is 2. The molecule has 3 rings (SSSR count). The maximum Gasteiger partial charge on any atom is 0.269 e. The smallest absolute Gasteiger partial charge is 0.269 e. The van der Waals surface area contributed by atoms with Crippen LogP contribution in [0.15, 0.2) is 58.3 Å². The molecule has 2 amide bonds. The third-order valence-electron chi connectivity index (χ3n) is 3.56. The summed E-state index contributed by atoms with van der Waals surface area (Å²) < 4.78 is 7.06. The molecule has 3 aromatic rings. The molecule has 9 heteroatoms. The van der Waals surface area contributed by atoms with Crippen LogP contribution in [0, 0.1) is 0 Å². The minimum atomic E-state index is -0.488. The van der Waals surface area contributed by atoms with E-state index in [0.717, 1.165) is 0 Å². The molecule has 1 aromatic carbocycles. The summed E-state index contributed by atoms with van der Waals surface area (Å²) in [4.78, 5) is 24.2. The Morgan fingerprint density at radius 1 is 1.12 bits per heavy atom. The lowest BCUT2D eigenvalue weighted by Crippen LogP contribution is -2.44. The van der Waals surface area contributed by atoms with Crippen LogP contribution in [0.3, 0.4) is 0 Å². The second-order valence-electron chi connectivity index (χ2n) is 5.41. The molecule has 0 fully saturated rings. The number of hydrogen-bond donors (Lipinski definition) is 2. The number of nitrogens with zero attached hydrogens (tertiary/aromatic N) is 3. The standard InChI is InChI=1S/C17H17N5O3S/c1-11(15(23)19-20-16(24)12-7-4-3-5-8-12)26-17-21-18-14(22(17)2)13-9-6-10-25-13/h3-11H,1-2H3,(H,19,23)(H,20,24)/t11-/m0/s1. The van der Waals surface area contributed by atoms with Gasteiger partial charge in [0.1, 0.15) is 0 Å². The van der Waals surface area contributed by atoms with Crippen molar-refractivity contribution in [2.45, 2.75) is 17.3 Å². The lowest BCUT2D eigenvalue weighted by atomic mass is 10.2. The first-order valence-electron chi connectivity index (χ1n) is 7.81. The Balaban J connectivity index is 1.57. The molecule has 0 aliphatic rings. The number of furan rings is 1. The summed E-state index contributed by atoms with van der Waals surface area (Å²) >= 11 is 1.23. The predicted molar refractivity (Wildman–Crippen MR) is 96.1 cm³/mol. The average molecular weight is 371 g/mol. The van der Waals surface area contributed by atoms with Gasteiger partial charge >= 0.3 is 0 Å². The number of amides is 2. The van der Waals surface area contributed by atoms with Crippen LogP contribution in [0.1, 0.15) is 17.3 Å². The number of thioether (sulfide) groups is 1. The van der Waals surface area contributed by atoms with E-state index in [1.807, 2.05) is 6.07 Å². The Hall–Kier alpha value is -3.07. The molecule has 8 nitrogen and oxygen atoms in total. The van der Waals surface area contributed by atoms with E-state index in [2.05, 4.69) is 21.0 Å². The molecule has 26 heavy (non-hydrogen) atoms. The van der Waals surface area contributed by atoms with Gasteiger partial charge < -0.3 is 8.98 Å². The maximum absolute atomic E-state index is 12.2. The summed E-state index contributed by atoms with van der Waals surface area (Å²) in [5, 5.41) is 8.24. The molecule has 0 aliphatic heterocycles. The van der Waals surface area contributed by atoms with E-state index in [4.69, 9.17) is 4.42 Å². The van der Waals surface area contributed by atoms with Crippen molar-refractivity contribution in [3.8, 4) is 11.6 Å². The van der Waals surface area contributed by atoms with Crippen molar-refractivity contribution in [1.82, 2.24) is 25.6 Å². The number of hydrazine groups is 1. The summed E-state index contributed by atoms with van der Waals surface area (Å²) in [6, 6.07) is 12.2. The fraction of sp³-hybridized carbons (Fsp3) is 0.176. The van der Waals surface area contributed by atoms with Gasteiger partial charge in [0.15, 0.2) is 16.7 Å². The normalized spacial score (nSPS) is 11.8. The van der Waals surface area contributed by atoms with Crippen molar-refractivity contribution in [3.05, 3.63) is 54.3 Å². The number of hydrogen-bond acceptors (Lipinski definition) is 6. The minimum Gasteiger partial charge on any atom is -0.461 e. The highest BCUT2D eigenvalue weighted by molar-refractivity contribution is 8.00. The first-order valence-corrected chi connectivity index (χ1v) is 8.69. The zero-order valence-electron chi connectivity index (χ0n) is 14.2. The summed E-state index contributed by atoms with van der Waals surface area (Å²) in [5.41, 5.74) is 5.28. The second-order valence-corrected chi connectivity index (χ2v) is 6.72. The lowest BCUT2D eigenvalue weighted by Gasteiger charge is -2.12. The maximum atomic E-state index is 12.2. The Bertz CT molecular complexity index is 893. The van der Waals surface area contributed by atoms with Gasteiger partial charge in [-0.1, -0.05) is 30.0 Å². The molecule has 1 atom stereocenters. The zero-order chi connectivity index (χ0) is 18.5. The topological polar surface area (TPSA) is 102 Å². The van der Waals surface area contributed by atoms with Crippen LogP contribution in [0.4, 0.5) is 0 Å². The molecule has 2 aromatic heterocycles. The van der Waals surface area contributed by atoms with Crippen LogP contribution >= 0.6 is 11.8 Å². The number of benzene rings is 1. The predicted octanol–water partition coefficient (Wildman–Crippen LogP) is 2.02. The molecule has 2 heterocycles. The zero-order valence-corrected chi connectivity index (χ0v) is 15.0. The van der Waals surface area contributed by atoms with Gasteiger partial charge in [-0.15, -0.1) is 10.2 Å². The molecule has 0 radical (unpaired) electrons. The first-order chi connectivity index (χ1) is 12.6. The van der Waals surface area contributed by atoms with E-state index < -0.39 is 5.25 Å². The highest BCUT2D eigenvalue weighted by Gasteiger charge is 2.20. The van der Waals surface area contributed by atoms with Gasteiger partial charge in [0, 0.05) is 12.6 Å². The van der Waals surface area contributed by atoms with Gasteiger partial charge in [0.25, 0.3) is 11.8 Å². The Labute approximate surface area is 154 Å². The monoisotopic (exact) mass is 371 g/mol. The Kier molecular flexibility index (Phi) is 5.37. The van der Waals surface area contributed by atoms with E-state index in [9.17, 15) is 9.59 Å². The van der Waals surface area contributed by atoms with Gasteiger partial charge in [-0.2, -0.15) is 0 Å². The van der Waals surface area contributed by atoms with E-state index in [1.165, 1.54) is 11.8 Å². The van der Waals surface area contributed by atoms with Crippen LogP contribution in [-0.4, -0.2) is 31.8 Å². The van der Waals surface area contributed by atoms with E-state index in [1.54, 1.807) is 61.2 Å². The molecular weight excluding hydrogens is 354 g/mol. The Morgan fingerprint density at radius 2 is 1.88 bits per heavy atom. The fourth-order valence-corrected chi connectivity index (χ4v) is 2.95. The van der Waals surface area contributed by atoms with Crippen molar-refractivity contribution >= 4 is 23.6 Å². The quantitative estimate of drug-likeness (QED) is 0.525. The molecular formula is C17H17N5O3S. The SMILES string of the molecule is C[C@H](Sc1nnc(-c2ccco2)n1C)C(=O)NNC(=O)c1ccccc1. The van der Waals surface area contributed by atoms with Gasteiger partial charge in [-0.05, 0) is 31.2 Å². The highest BCUT2D eigenvalue weighted by atomic mass is 32.2. The third kappa shape index (κ3) is 3.94. The minimum absolute atomic E-state index is 0.346. The molecule has 0 saturated carbocycles. The van der Waals surface area contributed by atoms with E-state index in [0.29, 0.717) is 22.3 Å². The van der Waals surface area contributed by atoms with Crippen molar-refractivity contribution in [3.63, 3.8) is 0 Å². The summed E-state index contributed by atoms with van der Waals surface area (Å²) in [6.45, 7) is 1.72. The van der Waals surface area contributed by atoms with Crippen molar-refractivity contribution in [2.24, 2.45) is 7.05 Å². The largest absolute Gasteiger partial charge is 0.461 e. The first kappa shape index (κ1) is 17.7. The lowest BCUT2D eigenvalue weighted by molar-refractivity contribution is -0.121.